The number of aliphatic carboxylic acids is 1. The van der Waals surface area contributed by atoms with E-state index >= 15 is 0 Å². The van der Waals surface area contributed by atoms with Crippen molar-refractivity contribution in [2.24, 2.45) is 0 Å². The number of benzene rings is 2. The van der Waals surface area contributed by atoms with Crippen LogP contribution in [0.1, 0.15) is 12.0 Å². The zero-order chi connectivity index (χ0) is 14.4. The van der Waals surface area contributed by atoms with E-state index in [1.54, 1.807) is 6.07 Å². The molecule has 0 saturated heterocycles. The van der Waals surface area contributed by atoms with Crippen molar-refractivity contribution in [2.45, 2.75) is 13.0 Å². The second kappa shape index (κ2) is 6.73. The van der Waals surface area contributed by atoms with Crippen molar-refractivity contribution in [3.63, 3.8) is 0 Å². The molecule has 104 valence electrons. The lowest BCUT2D eigenvalue weighted by atomic mass is 10.0. The van der Waals surface area contributed by atoms with Crippen molar-refractivity contribution in [2.75, 3.05) is 6.61 Å². The van der Waals surface area contributed by atoms with Crippen LogP contribution >= 0.6 is 0 Å². The Bertz CT molecular complexity index is 575. The number of aliphatic hydroxyl groups is 1. The number of carboxylic acid groups (broad SMARTS) is 1. The van der Waals surface area contributed by atoms with Gasteiger partial charge >= 0.3 is 5.97 Å². The Morgan fingerprint density at radius 3 is 2.45 bits per heavy atom. The zero-order valence-corrected chi connectivity index (χ0v) is 11.0. The molecule has 0 radical (unpaired) electrons. The number of hydrogen-bond acceptors (Lipinski definition) is 3. The summed E-state index contributed by atoms with van der Waals surface area (Å²) < 4.78 is 5.40. The molecule has 4 nitrogen and oxygen atoms in total. The van der Waals surface area contributed by atoms with Gasteiger partial charge in [0, 0.05) is 0 Å². The average molecular weight is 272 g/mol. The van der Waals surface area contributed by atoms with Crippen molar-refractivity contribution < 1.29 is 19.7 Å². The third kappa shape index (κ3) is 3.83. The van der Waals surface area contributed by atoms with Crippen LogP contribution in [0.25, 0.3) is 11.1 Å². The van der Waals surface area contributed by atoms with Crippen LogP contribution in [0.5, 0.6) is 5.75 Å². The lowest BCUT2D eigenvalue weighted by molar-refractivity contribution is -0.137. The Kier molecular flexibility index (Phi) is 4.74. The Morgan fingerprint density at radius 1 is 1.05 bits per heavy atom. The Morgan fingerprint density at radius 2 is 1.80 bits per heavy atom. The molecule has 0 aliphatic rings. The van der Waals surface area contributed by atoms with Crippen LogP contribution in [-0.4, -0.2) is 22.8 Å². The first-order chi connectivity index (χ1) is 9.69. The molecule has 20 heavy (non-hydrogen) atoms. The summed E-state index contributed by atoms with van der Waals surface area (Å²) >= 11 is 0. The molecular formula is C16H16O4. The minimum atomic E-state index is -0.874. The first kappa shape index (κ1) is 14.1. The quantitative estimate of drug-likeness (QED) is 0.848. The smallest absolute Gasteiger partial charge is 0.306 e. The van der Waals surface area contributed by atoms with Gasteiger partial charge in [-0.15, -0.1) is 0 Å². The van der Waals surface area contributed by atoms with E-state index in [0.717, 1.165) is 16.7 Å². The number of aliphatic hydroxyl groups excluding tert-OH is 1. The van der Waals surface area contributed by atoms with Gasteiger partial charge in [-0.25, -0.2) is 0 Å². The SMILES string of the molecule is O=C(O)CCOc1cccc(-c2ccc(CO)cc2)c1. The maximum atomic E-state index is 10.4. The molecular weight excluding hydrogens is 256 g/mol. The lowest BCUT2D eigenvalue weighted by Gasteiger charge is -2.07. The van der Waals surface area contributed by atoms with Crippen LogP contribution < -0.4 is 4.74 Å². The van der Waals surface area contributed by atoms with E-state index in [9.17, 15) is 4.79 Å². The number of hydrogen-bond donors (Lipinski definition) is 2. The molecule has 0 unspecified atom stereocenters. The van der Waals surface area contributed by atoms with Crippen molar-refractivity contribution in [1.29, 1.82) is 0 Å². The fourth-order valence-electron chi connectivity index (χ4n) is 1.82. The van der Waals surface area contributed by atoms with Gasteiger partial charge in [0.25, 0.3) is 0 Å². The van der Waals surface area contributed by atoms with E-state index < -0.39 is 5.97 Å². The van der Waals surface area contributed by atoms with Gasteiger partial charge in [0.2, 0.25) is 0 Å². The topological polar surface area (TPSA) is 66.8 Å². The number of carbonyl (C=O) groups is 1. The molecule has 0 atom stereocenters. The molecule has 0 heterocycles. The van der Waals surface area contributed by atoms with E-state index in [0.29, 0.717) is 5.75 Å². The summed E-state index contributed by atoms with van der Waals surface area (Å²) in [6.07, 6.45) is -0.0184. The Balaban J connectivity index is 2.09. The number of ether oxygens (including phenoxy) is 1. The second-order valence-electron chi connectivity index (χ2n) is 4.38. The maximum absolute atomic E-state index is 10.4. The van der Waals surface area contributed by atoms with Crippen molar-refractivity contribution in [3.05, 3.63) is 54.1 Å². The zero-order valence-electron chi connectivity index (χ0n) is 11.0. The fraction of sp³-hybridized carbons (Fsp3) is 0.188. The third-order valence-corrected chi connectivity index (χ3v) is 2.89. The van der Waals surface area contributed by atoms with E-state index in [1.165, 1.54) is 0 Å². The molecule has 4 heteroatoms. The van der Waals surface area contributed by atoms with E-state index in [4.69, 9.17) is 14.9 Å². The molecule has 0 fully saturated rings. The lowest BCUT2D eigenvalue weighted by Crippen LogP contribution is -2.04. The second-order valence-corrected chi connectivity index (χ2v) is 4.38. The van der Waals surface area contributed by atoms with Gasteiger partial charge in [-0.05, 0) is 28.8 Å². The predicted octanol–water partition coefficient (Wildman–Crippen LogP) is 2.70. The summed E-state index contributed by atoms with van der Waals surface area (Å²) in [7, 11) is 0. The molecule has 0 amide bonds. The molecule has 2 aromatic carbocycles. The molecule has 0 aliphatic carbocycles. The van der Waals surface area contributed by atoms with Gasteiger partial charge in [-0.2, -0.15) is 0 Å². The van der Waals surface area contributed by atoms with E-state index in [1.807, 2.05) is 42.5 Å². The molecule has 0 bridgehead atoms. The largest absolute Gasteiger partial charge is 0.493 e. The third-order valence-electron chi connectivity index (χ3n) is 2.89. The van der Waals surface area contributed by atoms with Gasteiger partial charge in [-0.1, -0.05) is 36.4 Å². The van der Waals surface area contributed by atoms with Gasteiger partial charge in [0.1, 0.15) is 5.75 Å². The summed E-state index contributed by atoms with van der Waals surface area (Å²) in [4.78, 5) is 10.4. The van der Waals surface area contributed by atoms with Gasteiger partial charge in [0.15, 0.2) is 0 Å². The van der Waals surface area contributed by atoms with E-state index in [2.05, 4.69) is 0 Å². The highest BCUT2D eigenvalue weighted by Crippen LogP contribution is 2.24. The Labute approximate surface area is 117 Å². The van der Waals surface area contributed by atoms with Crippen molar-refractivity contribution in [3.8, 4) is 16.9 Å². The summed E-state index contributed by atoms with van der Waals surface area (Å²) in [5.74, 6) is -0.226. The predicted molar refractivity (Wildman–Crippen MR) is 75.5 cm³/mol. The molecule has 0 spiro atoms. The summed E-state index contributed by atoms with van der Waals surface area (Å²) in [6.45, 7) is 0.181. The van der Waals surface area contributed by atoms with Crippen LogP contribution in [0.2, 0.25) is 0 Å². The maximum Gasteiger partial charge on any atom is 0.306 e. The average Bonchev–Trinajstić information content (AvgIpc) is 2.47. The summed E-state index contributed by atoms with van der Waals surface area (Å²) in [5, 5.41) is 17.6. The first-order valence-corrected chi connectivity index (χ1v) is 6.34. The molecule has 2 rings (SSSR count). The summed E-state index contributed by atoms with van der Waals surface area (Å²) in [5.41, 5.74) is 2.87. The molecule has 2 N–H and O–H groups in total. The van der Waals surface area contributed by atoms with Crippen LogP contribution in [-0.2, 0) is 11.4 Å². The highest BCUT2D eigenvalue weighted by atomic mass is 16.5. The minimum Gasteiger partial charge on any atom is -0.493 e. The number of rotatable bonds is 6. The molecule has 0 saturated carbocycles. The van der Waals surface area contributed by atoms with E-state index in [-0.39, 0.29) is 19.6 Å². The molecule has 0 aromatic heterocycles. The fourth-order valence-corrected chi connectivity index (χ4v) is 1.82. The highest BCUT2D eigenvalue weighted by Gasteiger charge is 2.02. The summed E-state index contributed by atoms with van der Waals surface area (Å²) in [6, 6.07) is 15.1. The first-order valence-electron chi connectivity index (χ1n) is 6.34. The molecule has 2 aromatic rings. The number of carboxylic acids is 1. The van der Waals surface area contributed by atoms with Gasteiger partial charge in [0.05, 0.1) is 19.6 Å². The van der Waals surface area contributed by atoms with Crippen molar-refractivity contribution in [1.82, 2.24) is 0 Å². The normalized spacial score (nSPS) is 10.2. The van der Waals surface area contributed by atoms with Crippen LogP contribution in [0.15, 0.2) is 48.5 Å². The van der Waals surface area contributed by atoms with Gasteiger partial charge < -0.3 is 14.9 Å². The van der Waals surface area contributed by atoms with Gasteiger partial charge in [-0.3, -0.25) is 4.79 Å². The van der Waals surface area contributed by atoms with Crippen LogP contribution in [0.4, 0.5) is 0 Å². The molecule has 0 aliphatic heterocycles. The monoisotopic (exact) mass is 272 g/mol. The standard InChI is InChI=1S/C16H16O4/c17-11-12-4-6-13(7-5-12)14-2-1-3-15(10-14)20-9-8-16(18)19/h1-7,10,17H,8-9,11H2,(H,18,19). The highest BCUT2D eigenvalue weighted by molar-refractivity contribution is 5.67. The van der Waals surface area contributed by atoms with Crippen LogP contribution in [0.3, 0.4) is 0 Å². The van der Waals surface area contributed by atoms with Crippen molar-refractivity contribution >= 4 is 5.97 Å². The Hall–Kier alpha value is -2.33. The van der Waals surface area contributed by atoms with Crippen LogP contribution in [0, 0.1) is 0 Å². The minimum absolute atomic E-state index is 0.0184.